The van der Waals surface area contributed by atoms with Gasteiger partial charge in [-0.05, 0) is 30.5 Å². The van der Waals surface area contributed by atoms with Crippen LogP contribution < -0.4 is 5.32 Å². The Morgan fingerprint density at radius 3 is 2.96 bits per heavy atom. The topological polar surface area (TPSA) is 29.1 Å². The number of piperidine rings is 1. The lowest BCUT2D eigenvalue weighted by Gasteiger charge is -2.53. The van der Waals surface area contributed by atoms with Crippen molar-refractivity contribution in [3.05, 3.63) is 52.7 Å². The van der Waals surface area contributed by atoms with E-state index in [1.165, 1.54) is 46.5 Å². The molecule has 0 aromatic heterocycles. The number of aldehydes is 1. The lowest BCUT2D eigenvalue weighted by atomic mass is 9.61. The summed E-state index contributed by atoms with van der Waals surface area (Å²) in [5, 5.41) is 3.70. The van der Waals surface area contributed by atoms with Gasteiger partial charge in [-0.1, -0.05) is 31.2 Å². The number of quaternary nitrogens is 1. The lowest BCUT2D eigenvalue weighted by molar-refractivity contribution is -0.941. The summed E-state index contributed by atoms with van der Waals surface area (Å²) in [7, 11) is 0. The zero-order valence-corrected chi connectivity index (χ0v) is 15.2. The van der Waals surface area contributed by atoms with Crippen LogP contribution in [0, 0.1) is 5.92 Å². The van der Waals surface area contributed by atoms with Crippen molar-refractivity contribution in [3.63, 3.8) is 0 Å². The van der Waals surface area contributed by atoms with Crippen LogP contribution >= 0.6 is 0 Å². The molecule has 3 aliphatic heterocycles. The number of nitrogens with one attached hydrogen (secondary N) is 1. The first-order valence-electron chi connectivity index (χ1n) is 9.77. The van der Waals surface area contributed by atoms with E-state index in [1.807, 2.05) is 0 Å². The molecule has 2 fully saturated rings. The molecule has 0 unspecified atom stereocenters. The second kappa shape index (κ2) is 5.07. The van der Waals surface area contributed by atoms with Crippen molar-refractivity contribution in [2.24, 2.45) is 5.92 Å². The molecule has 130 valence electrons. The quantitative estimate of drug-likeness (QED) is 0.517. The molecule has 4 aliphatic rings. The molecule has 0 amide bonds. The molecule has 1 aromatic rings. The monoisotopic (exact) mass is 335 g/mol. The first kappa shape index (κ1) is 15.4. The van der Waals surface area contributed by atoms with Gasteiger partial charge in [0.15, 0.2) is 0 Å². The molecule has 1 aliphatic carbocycles. The van der Waals surface area contributed by atoms with E-state index in [0.29, 0.717) is 12.0 Å². The molecule has 1 spiro atoms. The average molecular weight is 335 g/mol. The first-order valence-corrected chi connectivity index (χ1v) is 9.77. The molecular weight excluding hydrogens is 308 g/mol. The molecule has 0 radical (unpaired) electrons. The van der Waals surface area contributed by atoms with E-state index in [4.69, 9.17) is 0 Å². The highest BCUT2D eigenvalue weighted by Gasteiger charge is 2.68. The first-order chi connectivity index (χ1) is 12.2. The zero-order valence-electron chi connectivity index (χ0n) is 15.2. The number of carbonyl (C=O) groups excluding carboxylic acids is 1. The van der Waals surface area contributed by atoms with E-state index in [9.17, 15) is 4.79 Å². The minimum absolute atomic E-state index is 0.0395. The van der Waals surface area contributed by atoms with Gasteiger partial charge >= 0.3 is 0 Å². The maximum atomic E-state index is 12.2. The molecule has 0 saturated carbocycles. The Hall–Kier alpha value is -1.87. The number of nitrogens with zero attached hydrogens (tertiary/aromatic N) is 1. The van der Waals surface area contributed by atoms with Crippen molar-refractivity contribution in [2.75, 3.05) is 25.0 Å². The molecule has 2 saturated heterocycles. The van der Waals surface area contributed by atoms with Crippen LogP contribution in [0.1, 0.15) is 38.7 Å². The Labute approximate surface area is 150 Å². The number of hydrogen-bond donors (Lipinski definition) is 1. The summed E-state index contributed by atoms with van der Waals surface area (Å²) < 4.78 is 1.22. The van der Waals surface area contributed by atoms with Gasteiger partial charge in [-0.25, -0.2) is 0 Å². The third kappa shape index (κ3) is 1.68. The fraction of sp³-hybridized carbons (Fsp3) is 0.500. The standard InChI is InChI=1S/C22H26N2O/c1-3-10-24-11-9-22-18-7-5-6-8-19(18)23-21(22)17(14-25)16(12-20(22)24)15(4-2)13-24/h4-8,14,16,20H,3,9-13H2,1-2H3/p+1/b15-4+/t16-,20-,22+,24-/m0/s1. The Morgan fingerprint density at radius 1 is 1.36 bits per heavy atom. The van der Waals surface area contributed by atoms with Crippen molar-refractivity contribution in [2.45, 2.75) is 44.6 Å². The van der Waals surface area contributed by atoms with Gasteiger partial charge in [0, 0.05) is 35.7 Å². The highest BCUT2D eigenvalue weighted by molar-refractivity contribution is 5.84. The van der Waals surface area contributed by atoms with Crippen LogP contribution in [0.5, 0.6) is 0 Å². The fourth-order valence-corrected chi connectivity index (χ4v) is 6.68. The minimum Gasteiger partial charge on any atom is -0.357 e. The maximum Gasteiger partial charge on any atom is 0.148 e. The summed E-state index contributed by atoms with van der Waals surface area (Å²) in [6.07, 6.45) is 6.96. The summed E-state index contributed by atoms with van der Waals surface area (Å²) in [5.74, 6) is 0.318. The third-order valence-electron chi connectivity index (χ3n) is 7.53. The Kier molecular flexibility index (Phi) is 3.12. The highest BCUT2D eigenvalue weighted by Crippen LogP contribution is 2.63. The molecule has 5 rings (SSSR count). The van der Waals surface area contributed by atoms with Crippen LogP contribution in [-0.4, -0.2) is 36.4 Å². The van der Waals surface area contributed by atoms with E-state index in [0.717, 1.165) is 31.2 Å². The summed E-state index contributed by atoms with van der Waals surface area (Å²) >= 11 is 0. The molecule has 4 atom stereocenters. The van der Waals surface area contributed by atoms with Crippen LogP contribution in [0.2, 0.25) is 0 Å². The van der Waals surface area contributed by atoms with Gasteiger partial charge in [0.2, 0.25) is 0 Å². The van der Waals surface area contributed by atoms with Crippen molar-refractivity contribution in [1.82, 2.24) is 0 Å². The Morgan fingerprint density at radius 2 is 2.20 bits per heavy atom. The van der Waals surface area contributed by atoms with Gasteiger partial charge in [0.05, 0.1) is 18.5 Å². The van der Waals surface area contributed by atoms with Crippen molar-refractivity contribution in [1.29, 1.82) is 0 Å². The second-order valence-corrected chi connectivity index (χ2v) is 8.33. The van der Waals surface area contributed by atoms with Crippen molar-refractivity contribution < 1.29 is 9.28 Å². The van der Waals surface area contributed by atoms with Gasteiger partial charge in [-0.2, -0.15) is 0 Å². The largest absolute Gasteiger partial charge is 0.357 e. The Balaban J connectivity index is 1.81. The highest BCUT2D eigenvalue weighted by atomic mass is 16.1. The van der Waals surface area contributed by atoms with E-state index < -0.39 is 0 Å². The van der Waals surface area contributed by atoms with E-state index in [-0.39, 0.29) is 5.41 Å². The summed E-state index contributed by atoms with van der Waals surface area (Å²) in [6.45, 7) is 8.08. The molecule has 1 N–H and O–H groups in total. The van der Waals surface area contributed by atoms with Gasteiger partial charge in [-0.3, -0.25) is 4.79 Å². The number of allylic oxidation sites excluding steroid dienone is 2. The van der Waals surface area contributed by atoms with Gasteiger partial charge in [-0.15, -0.1) is 0 Å². The van der Waals surface area contributed by atoms with Gasteiger partial charge in [0.1, 0.15) is 18.9 Å². The fourth-order valence-electron chi connectivity index (χ4n) is 6.68. The number of para-hydroxylation sites is 1. The van der Waals surface area contributed by atoms with E-state index >= 15 is 0 Å². The molecular formula is C22H27N2O+. The predicted molar refractivity (Wildman–Crippen MR) is 100 cm³/mol. The third-order valence-corrected chi connectivity index (χ3v) is 7.53. The van der Waals surface area contributed by atoms with Crippen LogP contribution in [0.15, 0.2) is 47.2 Å². The zero-order chi connectivity index (χ0) is 17.2. The van der Waals surface area contributed by atoms with Crippen LogP contribution in [0.3, 0.4) is 0 Å². The maximum absolute atomic E-state index is 12.2. The van der Waals surface area contributed by atoms with Gasteiger partial charge in [0.25, 0.3) is 0 Å². The van der Waals surface area contributed by atoms with Crippen molar-refractivity contribution in [3.8, 4) is 0 Å². The second-order valence-electron chi connectivity index (χ2n) is 8.33. The number of hydrogen-bond acceptors (Lipinski definition) is 2. The smallest absolute Gasteiger partial charge is 0.148 e. The van der Waals surface area contributed by atoms with Crippen LogP contribution in [0.4, 0.5) is 5.69 Å². The molecule has 1 aromatic carbocycles. The SMILES string of the molecule is C/C=C1\C[N@+]2(CCC)CC[C@]34C(=C(C=O)[C@H]1C[C@@H]32)Nc1ccccc14. The van der Waals surface area contributed by atoms with Gasteiger partial charge < -0.3 is 9.80 Å². The number of anilines is 1. The van der Waals surface area contributed by atoms with E-state index in [2.05, 4.69) is 49.5 Å². The molecule has 3 heterocycles. The summed E-state index contributed by atoms with van der Waals surface area (Å²) in [5.41, 5.74) is 6.44. The predicted octanol–water partition coefficient (Wildman–Crippen LogP) is 3.78. The molecule has 25 heavy (non-hydrogen) atoms. The summed E-state index contributed by atoms with van der Waals surface area (Å²) in [4.78, 5) is 12.2. The lowest BCUT2D eigenvalue weighted by Crippen LogP contribution is -2.63. The minimum atomic E-state index is 0.0395. The molecule has 3 heteroatoms. The number of carbonyl (C=O) groups is 1. The molecule has 2 bridgehead atoms. The molecule has 3 nitrogen and oxygen atoms in total. The number of benzene rings is 1. The normalized spacial score (nSPS) is 39.2. The van der Waals surface area contributed by atoms with Crippen molar-refractivity contribution >= 4 is 12.0 Å². The van der Waals surface area contributed by atoms with E-state index in [1.54, 1.807) is 0 Å². The number of rotatable bonds is 3. The average Bonchev–Trinajstić information content (AvgIpc) is 3.16. The van der Waals surface area contributed by atoms with Crippen LogP contribution in [-0.2, 0) is 10.2 Å². The Bertz CT molecular complexity index is 823. The van der Waals surface area contributed by atoms with Crippen LogP contribution in [0.25, 0.3) is 0 Å². The summed E-state index contributed by atoms with van der Waals surface area (Å²) in [6, 6.07) is 9.36. The number of fused-ring (bicyclic) bond motifs is 2.